The molecule has 1 N–H and O–H groups in total. The van der Waals surface area contributed by atoms with Gasteiger partial charge in [0.1, 0.15) is 0 Å². The van der Waals surface area contributed by atoms with Gasteiger partial charge in [-0.15, -0.1) is 0 Å². The average molecular weight is 225 g/mol. The van der Waals surface area contributed by atoms with Crippen molar-refractivity contribution in [3.63, 3.8) is 0 Å². The minimum absolute atomic E-state index is 0.197. The molecule has 80 valence electrons. The molecule has 0 aliphatic carbocycles. The van der Waals surface area contributed by atoms with Gasteiger partial charge in [0.05, 0.1) is 6.61 Å². The van der Waals surface area contributed by atoms with Crippen LogP contribution in [0.15, 0.2) is 35.2 Å². The summed E-state index contributed by atoms with van der Waals surface area (Å²) in [5, 5.41) is 0. The van der Waals surface area contributed by atoms with E-state index in [0.29, 0.717) is 0 Å². The Bertz CT molecular complexity index is 340. The summed E-state index contributed by atoms with van der Waals surface area (Å²) in [6.45, 7) is 1.85. The molecule has 0 saturated heterocycles. The first-order valence-corrected chi connectivity index (χ1v) is 5.24. The Morgan fingerprint density at radius 1 is 1.33 bits per heavy atom. The molecular formula is C10H11NO3S. The van der Waals surface area contributed by atoms with E-state index < -0.39 is 11.9 Å². The predicted molar refractivity (Wildman–Crippen MR) is 57.1 cm³/mol. The zero-order valence-corrected chi connectivity index (χ0v) is 9.04. The molecule has 1 rings (SSSR count). The van der Waals surface area contributed by atoms with Crippen molar-refractivity contribution in [2.75, 3.05) is 6.61 Å². The van der Waals surface area contributed by atoms with Crippen LogP contribution in [0.5, 0.6) is 0 Å². The second-order valence-corrected chi connectivity index (χ2v) is 3.45. The Hall–Kier alpha value is -1.49. The van der Waals surface area contributed by atoms with Gasteiger partial charge in [-0.25, -0.2) is 4.79 Å². The maximum Gasteiger partial charge on any atom is 0.397 e. The van der Waals surface area contributed by atoms with Gasteiger partial charge in [0, 0.05) is 4.90 Å². The van der Waals surface area contributed by atoms with Crippen LogP contribution < -0.4 is 4.72 Å². The van der Waals surface area contributed by atoms with E-state index >= 15 is 0 Å². The van der Waals surface area contributed by atoms with Crippen molar-refractivity contribution in [3.8, 4) is 0 Å². The molecule has 5 heteroatoms. The van der Waals surface area contributed by atoms with Gasteiger partial charge in [-0.1, -0.05) is 18.2 Å². The summed E-state index contributed by atoms with van der Waals surface area (Å²) in [6, 6.07) is 9.22. The van der Waals surface area contributed by atoms with Crippen LogP contribution in [0.25, 0.3) is 0 Å². The molecule has 1 aromatic carbocycles. The monoisotopic (exact) mass is 225 g/mol. The molecule has 0 unspecified atom stereocenters. The topological polar surface area (TPSA) is 55.4 Å². The van der Waals surface area contributed by atoms with Gasteiger partial charge in [0.15, 0.2) is 0 Å². The zero-order valence-electron chi connectivity index (χ0n) is 8.23. The molecule has 0 bridgehead atoms. The lowest BCUT2D eigenvalue weighted by atomic mass is 10.4. The summed E-state index contributed by atoms with van der Waals surface area (Å²) in [7, 11) is 0. The van der Waals surface area contributed by atoms with Gasteiger partial charge >= 0.3 is 11.9 Å². The number of carbonyl (C=O) groups is 2. The van der Waals surface area contributed by atoms with Gasteiger partial charge in [-0.3, -0.25) is 9.52 Å². The Morgan fingerprint density at radius 2 is 2.00 bits per heavy atom. The third kappa shape index (κ3) is 4.03. The lowest BCUT2D eigenvalue weighted by molar-refractivity contribution is -0.153. The molecule has 0 aliphatic rings. The van der Waals surface area contributed by atoms with Crippen LogP contribution in [0.3, 0.4) is 0 Å². The third-order valence-corrected chi connectivity index (χ3v) is 2.26. The number of benzene rings is 1. The summed E-state index contributed by atoms with van der Waals surface area (Å²) < 4.78 is 6.91. The van der Waals surface area contributed by atoms with Crippen molar-refractivity contribution in [1.82, 2.24) is 4.72 Å². The number of carbonyl (C=O) groups excluding carboxylic acids is 2. The Morgan fingerprint density at radius 3 is 2.60 bits per heavy atom. The SMILES string of the molecule is CCOC(=O)C(=O)NSc1ccccc1. The first kappa shape index (κ1) is 11.6. The predicted octanol–water partition coefficient (Wildman–Crippen LogP) is 1.37. The number of esters is 1. The fraction of sp³-hybridized carbons (Fsp3) is 0.200. The van der Waals surface area contributed by atoms with Crippen molar-refractivity contribution in [2.45, 2.75) is 11.8 Å². The fourth-order valence-electron chi connectivity index (χ4n) is 0.832. The van der Waals surface area contributed by atoms with E-state index in [0.717, 1.165) is 16.8 Å². The van der Waals surface area contributed by atoms with E-state index in [-0.39, 0.29) is 6.61 Å². The van der Waals surface area contributed by atoms with Gasteiger partial charge in [0.25, 0.3) is 0 Å². The molecule has 0 radical (unpaired) electrons. The number of ether oxygens (including phenoxy) is 1. The second-order valence-electron chi connectivity index (χ2n) is 2.57. The molecule has 0 spiro atoms. The highest BCUT2D eigenvalue weighted by Gasteiger charge is 2.13. The van der Waals surface area contributed by atoms with Crippen molar-refractivity contribution in [3.05, 3.63) is 30.3 Å². The molecule has 15 heavy (non-hydrogen) atoms. The lowest BCUT2D eigenvalue weighted by Crippen LogP contribution is -2.27. The maximum absolute atomic E-state index is 11.1. The first-order chi connectivity index (χ1) is 7.24. The molecule has 1 amide bonds. The molecule has 0 fully saturated rings. The summed E-state index contributed by atoms with van der Waals surface area (Å²) >= 11 is 1.08. The molecule has 1 aromatic rings. The Kier molecular flexibility index (Phi) is 4.70. The highest BCUT2D eigenvalue weighted by molar-refractivity contribution is 7.98. The van der Waals surface area contributed by atoms with Crippen molar-refractivity contribution in [2.24, 2.45) is 0 Å². The molecule has 0 saturated carbocycles. The molecular weight excluding hydrogens is 214 g/mol. The van der Waals surface area contributed by atoms with Crippen LogP contribution in [-0.4, -0.2) is 18.5 Å². The highest BCUT2D eigenvalue weighted by atomic mass is 32.2. The fourth-order valence-corrected chi connectivity index (χ4v) is 1.42. The van der Waals surface area contributed by atoms with E-state index in [9.17, 15) is 9.59 Å². The van der Waals surface area contributed by atoms with Crippen molar-refractivity contribution >= 4 is 23.8 Å². The van der Waals surface area contributed by atoms with Gasteiger partial charge in [-0.2, -0.15) is 0 Å². The Balaban J connectivity index is 2.38. The number of amides is 1. The van der Waals surface area contributed by atoms with E-state index in [2.05, 4.69) is 9.46 Å². The minimum Gasteiger partial charge on any atom is -0.459 e. The third-order valence-electron chi connectivity index (χ3n) is 1.47. The van der Waals surface area contributed by atoms with Gasteiger partial charge in [-0.05, 0) is 31.0 Å². The smallest absolute Gasteiger partial charge is 0.397 e. The van der Waals surface area contributed by atoms with E-state index in [1.54, 1.807) is 6.92 Å². The van der Waals surface area contributed by atoms with Crippen LogP contribution >= 0.6 is 11.9 Å². The normalized spacial score (nSPS) is 9.40. The summed E-state index contributed by atoms with van der Waals surface area (Å²) in [5.41, 5.74) is 0. The number of hydrogen-bond acceptors (Lipinski definition) is 4. The maximum atomic E-state index is 11.1. The minimum atomic E-state index is -0.860. The van der Waals surface area contributed by atoms with Gasteiger partial charge < -0.3 is 4.74 Å². The van der Waals surface area contributed by atoms with E-state index in [1.807, 2.05) is 30.3 Å². The van der Waals surface area contributed by atoms with Crippen LogP contribution in [0, 0.1) is 0 Å². The molecule has 0 atom stereocenters. The van der Waals surface area contributed by atoms with E-state index in [1.165, 1.54) is 0 Å². The van der Waals surface area contributed by atoms with Crippen LogP contribution in [0.2, 0.25) is 0 Å². The van der Waals surface area contributed by atoms with Crippen LogP contribution in [0.1, 0.15) is 6.92 Å². The number of rotatable bonds is 3. The average Bonchev–Trinajstić information content (AvgIpc) is 2.27. The molecule has 0 aromatic heterocycles. The first-order valence-electron chi connectivity index (χ1n) is 4.43. The molecule has 0 heterocycles. The van der Waals surface area contributed by atoms with Crippen LogP contribution in [-0.2, 0) is 14.3 Å². The summed E-state index contributed by atoms with van der Waals surface area (Å²) in [5.74, 6) is -1.60. The molecule has 4 nitrogen and oxygen atoms in total. The lowest BCUT2D eigenvalue weighted by Gasteiger charge is -2.02. The van der Waals surface area contributed by atoms with Crippen molar-refractivity contribution < 1.29 is 14.3 Å². The summed E-state index contributed by atoms with van der Waals surface area (Å²) in [6.07, 6.45) is 0. The zero-order chi connectivity index (χ0) is 11.1. The van der Waals surface area contributed by atoms with Gasteiger partial charge in [0.2, 0.25) is 0 Å². The van der Waals surface area contributed by atoms with Crippen molar-refractivity contribution in [1.29, 1.82) is 0 Å². The van der Waals surface area contributed by atoms with Crippen LogP contribution in [0.4, 0.5) is 0 Å². The standard InChI is InChI=1S/C10H11NO3S/c1-2-14-10(13)9(12)11-15-8-6-4-3-5-7-8/h3-7H,2H2,1H3,(H,11,12). The number of nitrogens with one attached hydrogen (secondary N) is 1. The second kappa shape index (κ2) is 6.08. The number of hydrogen-bond donors (Lipinski definition) is 1. The Labute approximate surface area is 92.1 Å². The quantitative estimate of drug-likeness (QED) is 0.479. The largest absolute Gasteiger partial charge is 0.459 e. The molecule has 0 aliphatic heterocycles. The van der Waals surface area contributed by atoms with E-state index in [4.69, 9.17) is 0 Å². The summed E-state index contributed by atoms with van der Waals surface area (Å²) in [4.78, 5) is 22.9. The highest BCUT2D eigenvalue weighted by Crippen LogP contribution is 2.12.